The molecule has 1 rings (SSSR count). The summed E-state index contributed by atoms with van der Waals surface area (Å²) in [5.74, 6) is 0. The number of hydrogen-bond donors (Lipinski definition) is 0. The average molecular weight is 141 g/mol. The van der Waals surface area contributed by atoms with Gasteiger partial charge in [-0.25, -0.2) is 0 Å². The first-order chi connectivity index (χ1) is 4.93. The fourth-order valence-electron chi connectivity index (χ4n) is 0.834. The first kappa shape index (κ1) is 7.38. The standard InChI is InChI=1S/C6H11N3O/c7-9-8-4-2-1-3-6-5-10-6/h6H,1-5H2. The van der Waals surface area contributed by atoms with Crippen LogP contribution in [0.3, 0.4) is 0 Å². The van der Waals surface area contributed by atoms with Gasteiger partial charge in [0.05, 0.1) is 12.7 Å². The maximum atomic E-state index is 7.92. The van der Waals surface area contributed by atoms with Crippen molar-refractivity contribution in [3.05, 3.63) is 10.4 Å². The van der Waals surface area contributed by atoms with Crippen molar-refractivity contribution in [3.63, 3.8) is 0 Å². The molecule has 4 nitrogen and oxygen atoms in total. The van der Waals surface area contributed by atoms with Crippen LogP contribution in [0.2, 0.25) is 0 Å². The number of rotatable bonds is 5. The Morgan fingerprint density at radius 2 is 2.40 bits per heavy atom. The molecule has 0 saturated carbocycles. The summed E-state index contributed by atoms with van der Waals surface area (Å²) in [6.07, 6.45) is 3.75. The van der Waals surface area contributed by atoms with Crippen LogP contribution in [0, 0.1) is 0 Å². The molecule has 0 N–H and O–H groups in total. The largest absolute Gasteiger partial charge is 0.373 e. The highest BCUT2D eigenvalue weighted by molar-refractivity contribution is 4.68. The van der Waals surface area contributed by atoms with E-state index in [0.717, 1.165) is 25.9 Å². The van der Waals surface area contributed by atoms with Crippen molar-refractivity contribution in [1.82, 2.24) is 0 Å². The summed E-state index contributed by atoms with van der Waals surface area (Å²) < 4.78 is 5.01. The molecule has 0 aromatic carbocycles. The fraction of sp³-hybridized carbons (Fsp3) is 1.00. The van der Waals surface area contributed by atoms with E-state index in [4.69, 9.17) is 10.3 Å². The smallest absolute Gasteiger partial charge is 0.0810 e. The Morgan fingerprint density at radius 1 is 1.60 bits per heavy atom. The summed E-state index contributed by atoms with van der Waals surface area (Å²) in [6.45, 7) is 1.56. The van der Waals surface area contributed by atoms with Crippen LogP contribution in [-0.4, -0.2) is 19.3 Å². The number of unbranched alkanes of at least 4 members (excludes halogenated alkanes) is 1. The lowest BCUT2D eigenvalue weighted by Crippen LogP contribution is -1.86. The van der Waals surface area contributed by atoms with Gasteiger partial charge in [0.15, 0.2) is 0 Å². The van der Waals surface area contributed by atoms with Gasteiger partial charge in [-0.3, -0.25) is 0 Å². The molecule has 1 fully saturated rings. The zero-order valence-electron chi connectivity index (χ0n) is 5.86. The predicted octanol–water partition coefficient (Wildman–Crippen LogP) is 1.87. The van der Waals surface area contributed by atoms with Crippen molar-refractivity contribution in [2.24, 2.45) is 5.11 Å². The molecule has 1 aliphatic rings. The second kappa shape index (κ2) is 4.14. The summed E-state index contributed by atoms with van der Waals surface area (Å²) in [6, 6.07) is 0. The van der Waals surface area contributed by atoms with Crippen LogP contribution in [0.15, 0.2) is 5.11 Å². The topological polar surface area (TPSA) is 61.3 Å². The van der Waals surface area contributed by atoms with Gasteiger partial charge in [-0.05, 0) is 18.4 Å². The predicted molar refractivity (Wildman–Crippen MR) is 37.6 cm³/mol. The van der Waals surface area contributed by atoms with E-state index in [1.807, 2.05) is 0 Å². The molecule has 56 valence electrons. The summed E-state index contributed by atoms with van der Waals surface area (Å²) in [4.78, 5) is 2.66. The molecule has 0 aromatic rings. The maximum Gasteiger partial charge on any atom is 0.0810 e. The maximum absolute atomic E-state index is 7.92. The zero-order chi connectivity index (χ0) is 7.23. The van der Waals surface area contributed by atoms with Gasteiger partial charge in [0.2, 0.25) is 0 Å². The van der Waals surface area contributed by atoms with E-state index in [1.54, 1.807) is 0 Å². The highest BCUT2D eigenvalue weighted by Gasteiger charge is 2.20. The van der Waals surface area contributed by atoms with Gasteiger partial charge in [0, 0.05) is 11.5 Å². The van der Waals surface area contributed by atoms with Crippen molar-refractivity contribution in [1.29, 1.82) is 0 Å². The molecule has 0 aromatic heterocycles. The van der Waals surface area contributed by atoms with Gasteiger partial charge in [-0.2, -0.15) is 0 Å². The summed E-state index contributed by atoms with van der Waals surface area (Å²) >= 11 is 0. The lowest BCUT2D eigenvalue weighted by atomic mass is 10.2. The summed E-state index contributed by atoms with van der Waals surface area (Å²) in [5, 5.41) is 3.43. The van der Waals surface area contributed by atoms with Crippen molar-refractivity contribution in [2.75, 3.05) is 13.2 Å². The first-order valence-electron chi connectivity index (χ1n) is 3.56. The van der Waals surface area contributed by atoms with Crippen LogP contribution >= 0.6 is 0 Å². The fourth-order valence-corrected chi connectivity index (χ4v) is 0.834. The van der Waals surface area contributed by atoms with E-state index in [0.29, 0.717) is 12.6 Å². The van der Waals surface area contributed by atoms with Crippen molar-refractivity contribution in [2.45, 2.75) is 25.4 Å². The number of epoxide rings is 1. The highest BCUT2D eigenvalue weighted by atomic mass is 16.6. The van der Waals surface area contributed by atoms with E-state index in [9.17, 15) is 0 Å². The molecule has 0 spiro atoms. The van der Waals surface area contributed by atoms with Gasteiger partial charge < -0.3 is 4.74 Å². The van der Waals surface area contributed by atoms with Crippen molar-refractivity contribution in [3.8, 4) is 0 Å². The molecule has 1 aliphatic heterocycles. The van der Waals surface area contributed by atoms with E-state index < -0.39 is 0 Å². The molecule has 1 unspecified atom stereocenters. The van der Waals surface area contributed by atoms with Gasteiger partial charge in [0.25, 0.3) is 0 Å². The Bertz CT molecular complexity index is 138. The Morgan fingerprint density at radius 3 is 3.00 bits per heavy atom. The van der Waals surface area contributed by atoms with Gasteiger partial charge in [-0.15, -0.1) is 0 Å². The Balaban J connectivity index is 1.80. The Hall–Kier alpha value is -0.730. The molecule has 0 radical (unpaired) electrons. The average Bonchev–Trinajstić information content (AvgIpc) is 2.71. The lowest BCUT2D eigenvalue weighted by Gasteiger charge is -1.91. The van der Waals surface area contributed by atoms with Crippen LogP contribution in [0.5, 0.6) is 0 Å². The van der Waals surface area contributed by atoms with Gasteiger partial charge >= 0.3 is 0 Å². The molecule has 0 aliphatic carbocycles. The number of hydrogen-bond acceptors (Lipinski definition) is 2. The van der Waals surface area contributed by atoms with Crippen molar-refractivity contribution >= 4 is 0 Å². The molecule has 1 heterocycles. The summed E-state index contributed by atoms with van der Waals surface area (Å²) in [5.41, 5.74) is 7.92. The molecule has 4 heteroatoms. The highest BCUT2D eigenvalue weighted by Crippen LogP contribution is 2.16. The third-order valence-corrected chi connectivity index (χ3v) is 1.50. The molecule has 1 atom stereocenters. The minimum absolute atomic E-state index is 0.520. The van der Waals surface area contributed by atoms with E-state index >= 15 is 0 Å². The molecule has 1 saturated heterocycles. The molecule has 0 bridgehead atoms. The monoisotopic (exact) mass is 141 g/mol. The Labute approximate surface area is 59.8 Å². The second-order valence-electron chi connectivity index (χ2n) is 2.41. The molecular formula is C6H11N3O. The minimum Gasteiger partial charge on any atom is -0.373 e. The molecule has 0 amide bonds. The van der Waals surface area contributed by atoms with E-state index in [1.165, 1.54) is 0 Å². The minimum atomic E-state index is 0.520. The third-order valence-electron chi connectivity index (χ3n) is 1.50. The van der Waals surface area contributed by atoms with E-state index in [-0.39, 0.29) is 0 Å². The quantitative estimate of drug-likeness (QED) is 0.189. The Kier molecular flexibility index (Phi) is 3.06. The number of azide groups is 1. The molecule has 10 heavy (non-hydrogen) atoms. The van der Waals surface area contributed by atoms with Crippen LogP contribution < -0.4 is 0 Å². The first-order valence-corrected chi connectivity index (χ1v) is 3.56. The SMILES string of the molecule is [N-]=[N+]=NCCCCC1CO1. The van der Waals surface area contributed by atoms with Crippen molar-refractivity contribution < 1.29 is 4.74 Å². The normalized spacial score (nSPS) is 21.8. The van der Waals surface area contributed by atoms with Gasteiger partial charge in [-0.1, -0.05) is 11.5 Å². The molecular weight excluding hydrogens is 130 g/mol. The van der Waals surface area contributed by atoms with Gasteiger partial charge in [0.1, 0.15) is 0 Å². The van der Waals surface area contributed by atoms with Crippen LogP contribution in [0.1, 0.15) is 19.3 Å². The lowest BCUT2D eigenvalue weighted by molar-refractivity contribution is 0.390. The second-order valence-corrected chi connectivity index (χ2v) is 2.41. The van der Waals surface area contributed by atoms with Crippen LogP contribution in [0.4, 0.5) is 0 Å². The van der Waals surface area contributed by atoms with Crippen LogP contribution in [0.25, 0.3) is 10.4 Å². The zero-order valence-corrected chi connectivity index (χ0v) is 5.86. The van der Waals surface area contributed by atoms with E-state index in [2.05, 4.69) is 10.0 Å². The third kappa shape index (κ3) is 3.33. The summed E-state index contributed by atoms with van der Waals surface area (Å²) in [7, 11) is 0. The number of ether oxygens (including phenoxy) is 1. The number of nitrogens with zero attached hydrogens (tertiary/aromatic N) is 3. The van der Waals surface area contributed by atoms with Crippen LogP contribution in [-0.2, 0) is 4.74 Å².